The lowest BCUT2D eigenvalue weighted by Gasteiger charge is -2.38. The lowest BCUT2D eigenvalue weighted by atomic mass is 9.79. The van der Waals surface area contributed by atoms with E-state index in [0.717, 1.165) is 19.6 Å². The summed E-state index contributed by atoms with van der Waals surface area (Å²) >= 11 is 0. The molecule has 0 saturated carbocycles. The maximum absolute atomic E-state index is 12.4. The number of halogens is 3. The van der Waals surface area contributed by atoms with Crippen LogP contribution >= 0.6 is 0 Å². The molecule has 0 spiro atoms. The van der Waals surface area contributed by atoms with Gasteiger partial charge in [-0.15, -0.1) is 0 Å². The van der Waals surface area contributed by atoms with Crippen molar-refractivity contribution in [1.29, 1.82) is 0 Å². The fourth-order valence-electron chi connectivity index (χ4n) is 2.91. The minimum atomic E-state index is -4.46. The van der Waals surface area contributed by atoms with Crippen molar-refractivity contribution in [2.75, 3.05) is 26.2 Å². The molecule has 0 unspecified atom stereocenters. The molecular weight excluding hydrogens is 347 g/mol. The zero-order chi connectivity index (χ0) is 19.2. The van der Waals surface area contributed by atoms with Crippen molar-refractivity contribution < 1.29 is 22.8 Å². The smallest absolute Gasteiger partial charge is 0.347 e. The van der Waals surface area contributed by atoms with Crippen LogP contribution in [0.25, 0.3) is 0 Å². The third-order valence-corrected chi connectivity index (χ3v) is 4.65. The summed E-state index contributed by atoms with van der Waals surface area (Å²) in [6, 6.07) is 10.0. The van der Waals surface area contributed by atoms with E-state index in [0.29, 0.717) is 12.8 Å². The van der Waals surface area contributed by atoms with Gasteiger partial charge in [-0.1, -0.05) is 37.3 Å². The number of carbonyl (C=O) groups excluding carboxylic acids is 2. The molecule has 1 aromatic rings. The van der Waals surface area contributed by atoms with E-state index in [1.165, 1.54) is 5.56 Å². The molecule has 0 aliphatic carbocycles. The number of piperidine rings is 1. The minimum absolute atomic E-state index is 0.293. The molecule has 0 aromatic heterocycles. The summed E-state index contributed by atoms with van der Waals surface area (Å²) in [5.41, 5.74) is 0.596. The van der Waals surface area contributed by atoms with Gasteiger partial charge in [-0.05, 0) is 31.5 Å². The Hall–Kier alpha value is -2.09. The molecule has 1 heterocycles. The largest absolute Gasteiger partial charge is 0.405 e. The Morgan fingerprint density at radius 1 is 1.12 bits per heavy atom. The fraction of sp³-hybridized carbons (Fsp3) is 0.556. The number of nitrogens with one attached hydrogen (secondary N) is 2. The van der Waals surface area contributed by atoms with Gasteiger partial charge >= 0.3 is 6.18 Å². The molecular formula is C18H24F3N3O2. The summed E-state index contributed by atoms with van der Waals surface area (Å²) in [4.78, 5) is 26.0. The first kappa shape index (κ1) is 20.2. The van der Waals surface area contributed by atoms with E-state index in [-0.39, 0.29) is 5.91 Å². The average molecular weight is 371 g/mol. The van der Waals surface area contributed by atoms with Crippen LogP contribution in [0.1, 0.15) is 25.3 Å². The number of rotatable bonds is 6. The zero-order valence-corrected chi connectivity index (χ0v) is 14.7. The summed E-state index contributed by atoms with van der Waals surface area (Å²) < 4.78 is 36.2. The van der Waals surface area contributed by atoms with E-state index in [9.17, 15) is 22.8 Å². The Kier molecular flexibility index (Phi) is 6.63. The number of likely N-dealkylation sites (tertiary alicyclic amines) is 1. The average Bonchev–Trinajstić information content (AvgIpc) is 2.60. The Labute approximate surface area is 150 Å². The van der Waals surface area contributed by atoms with E-state index in [1.54, 1.807) is 5.32 Å². The zero-order valence-electron chi connectivity index (χ0n) is 14.7. The van der Waals surface area contributed by atoms with Crippen LogP contribution in [0.3, 0.4) is 0 Å². The van der Waals surface area contributed by atoms with Crippen molar-refractivity contribution in [1.82, 2.24) is 15.5 Å². The Bertz CT molecular complexity index is 612. The minimum Gasteiger partial charge on any atom is -0.347 e. The highest BCUT2D eigenvalue weighted by molar-refractivity contribution is 5.87. The van der Waals surface area contributed by atoms with E-state index in [2.05, 4.69) is 22.3 Å². The first-order valence-electron chi connectivity index (χ1n) is 8.56. The molecule has 1 aliphatic rings. The molecule has 1 saturated heterocycles. The highest BCUT2D eigenvalue weighted by atomic mass is 19.4. The van der Waals surface area contributed by atoms with Gasteiger partial charge in [-0.2, -0.15) is 13.2 Å². The summed E-state index contributed by atoms with van der Waals surface area (Å²) in [6.45, 7) is 2.30. The molecule has 1 aromatic carbocycles. The highest BCUT2D eigenvalue weighted by Crippen LogP contribution is 2.31. The van der Waals surface area contributed by atoms with Crippen LogP contribution in [0.2, 0.25) is 0 Å². The number of benzene rings is 1. The third-order valence-electron chi connectivity index (χ3n) is 4.65. The maximum atomic E-state index is 12.4. The van der Waals surface area contributed by atoms with Crippen LogP contribution < -0.4 is 10.6 Å². The first-order chi connectivity index (χ1) is 12.2. The van der Waals surface area contributed by atoms with Crippen molar-refractivity contribution in [2.24, 2.45) is 5.41 Å². The second-order valence-electron chi connectivity index (χ2n) is 6.90. The van der Waals surface area contributed by atoms with Crippen molar-refractivity contribution in [3.05, 3.63) is 35.9 Å². The number of amides is 2. The van der Waals surface area contributed by atoms with Gasteiger partial charge in [0.05, 0.1) is 6.54 Å². The lowest BCUT2D eigenvalue weighted by Crippen LogP contribution is -2.49. The highest BCUT2D eigenvalue weighted by Gasteiger charge is 2.37. The topological polar surface area (TPSA) is 61.4 Å². The molecule has 5 nitrogen and oxygen atoms in total. The van der Waals surface area contributed by atoms with Gasteiger partial charge in [0.15, 0.2) is 0 Å². The van der Waals surface area contributed by atoms with Crippen molar-refractivity contribution in [3.63, 3.8) is 0 Å². The number of nitrogens with zero attached hydrogens (tertiary/aromatic N) is 1. The predicted molar refractivity (Wildman–Crippen MR) is 91.1 cm³/mol. The molecule has 2 rings (SSSR count). The first-order valence-corrected chi connectivity index (χ1v) is 8.56. The van der Waals surface area contributed by atoms with Crippen molar-refractivity contribution in [3.8, 4) is 0 Å². The molecule has 0 radical (unpaired) electrons. The number of alkyl halides is 3. The Morgan fingerprint density at radius 3 is 2.31 bits per heavy atom. The van der Waals surface area contributed by atoms with Gasteiger partial charge in [-0.25, -0.2) is 0 Å². The molecule has 1 fully saturated rings. The SMILES string of the molecule is CC1(C(=O)NCC(=O)NCC(F)(F)F)CCN(Cc2ccccc2)CC1. The van der Waals surface area contributed by atoms with Crippen LogP contribution in [-0.2, 0) is 16.1 Å². The molecule has 2 N–H and O–H groups in total. The quantitative estimate of drug-likeness (QED) is 0.805. The normalized spacial score (nSPS) is 17.5. The van der Waals surface area contributed by atoms with Gasteiger partial charge < -0.3 is 10.6 Å². The second kappa shape index (κ2) is 8.53. The van der Waals surface area contributed by atoms with Gasteiger partial charge in [-0.3, -0.25) is 14.5 Å². The van der Waals surface area contributed by atoms with Crippen LogP contribution in [-0.4, -0.2) is 49.1 Å². The van der Waals surface area contributed by atoms with Gasteiger partial charge in [0.2, 0.25) is 11.8 Å². The monoisotopic (exact) mass is 371 g/mol. The van der Waals surface area contributed by atoms with Crippen LogP contribution in [0.5, 0.6) is 0 Å². The second-order valence-corrected chi connectivity index (χ2v) is 6.90. The van der Waals surface area contributed by atoms with Crippen molar-refractivity contribution >= 4 is 11.8 Å². The van der Waals surface area contributed by atoms with Gasteiger partial charge in [0.1, 0.15) is 6.54 Å². The summed E-state index contributed by atoms with van der Waals surface area (Å²) in [5.74, 6) is -1.14. The maximum Gasteiger partial charge on any atom is 0.405 e. The third kappa shape index (κ3) is 6.33. The van der Waals surface area contributed by atoms with E-state index >= 15 is 0 Å². The molecule has 2 amide bonds. The van der Waals surface area contributed by atoms with E-state index in [1.807, 2.05) is 25.1 Å². The number of hydrogen-bond donors (Lipinski definition) is 2. The predicted octanol–water partition coefficient (Wildman–Crippen LogP) is 2.08. The molecule has 0 bridgehead atoms. The molecule has 1 aliphatic heterocycles. The summed E-state index contributed by atoms with van der Waals surface area (Å²) in [6.07, 6.45) is -3.19. The number of carbonyl (C=O) groups is 2. The lowest BCUT2D eigenvalue weighted by molar-refractivity contribution is -0.139. The molecule has 0 atom stereocenters. The van der Waals surface area contributed by atoms with Crippen LogP contribution in [0.15, 0.2) is 30.3 Å². The fourth-order valence-corrected chi connectivity index (χ4v) is 2.91. The van der Waals surface area contributed by atoms with E-state index in [4.69, 9.17) is 0 Å². The van der Waals surface area contributed by atoms with Crippen LogP contribution in [0.4, 0.5) is 13.2 Å². The molecule has 8 heteroatoms. The standard InChI is InChI=1S/C18H24F3N3O2/c1-17(16(26)22-11-15(25)23-13-18(19,20)21)7-9-24(10-8-17)12-14-5-3-2-4-6-14/h2-6H,7-13H2,1H3,(H,22,26)(H,23,25). The van der Waals surface area contributed by atoms with Crippen molar-refractivity contribution in [2.45, 2.75) is 32.5 Å². The van der Waals surface area contributed by atoms with E-state index < -0.39 is 30.6 Å². The van der Waals surface area contributed by atoms with Crippen LogP contribution in [0, 0.1) is 5.41 Å². The molecule has 144 valence electrons. The molecule has 26 heavy (non-hydrogen) atoms. The van der Waals surface area contributed by atoms with Gasteiger partial charge in [0, 0.05) is 12.0 Å². The summed E-state index contributed by atoms with van der Waals surface area (Å²) in [5, 5.41) is 4.20. The Morgan fingerprint density at radius 2 is 1.73 bits per heavy atom. The van der Waals surface area contributed by atoms with Gasteiger partial charge in [0.25, 0.3) is 0 Å². The number of hydrogen-bond acceptors (Lipinski definition) is 3. The Balaban J connectivity index is 1.75. The summed E-state index contributed by atoms with van der Waals surface area (Å²) in [7, 11) is 0.